The number of hydrogen-bond donors (Lipinski definition) is 3. The molecule has 3 aromatic carbocycles. The third-order valence-corrected chi connectivity index (χ3v) is 5.08. The first-order valence-electron chi connectivity index (χ1n) is 9.15. The van der Waals surface area contributed by atoms with Gasteiger partial charge < -0.3 is 15.5 Å². The van der Waals surface area contributed by atoms with E-state index >= 15 is 0 Å². The molecule has 3 N–H and O–H groups in total. The van der Waals surface area contributed by atoms with Crippen LogP contribution in [0.15, 0.2) is 65.5 Å². The molecule has 1 aromatic heterocycles. The molecular weight excluding hydrogens is 408 g/mol. The summed E-state index contributed by atoms with van der Waals surface area (Å²) in [6, 6.07) is 12.4. The largest absolute Gasteiger partial charge is 0.345 e. The van der Waals surface area contributed by atoms with Crippen LogP contribution in [-0.4, -0.2) is 25.5 Å². The summed E-state index contributed by atoms with van der Waals surface area (Å²) in [6.45, 7) is 0. The van der Waals surface area contributed by atoms with Crippen LogP contribution in [0.2, 0.25) is 0 Å². The van der Waals surface area contributed by atoms with Gasteiger partial charge in [0, 0.05) is 11.3 Å². The average Bonchev–Trinajstić information content (AvgIpc) is 3.00. The minimum atomic E-state index is -2.53. The fourth-order valence-corrected chi connectivity index (χ4v) is 3.60. The van der Waals surface area contributed by atoms with E-state index in [0.29, 0.717) is 0 Å². The van der Waals surface area contributed by atoms with E-state index < -0.39 is 28.9 Å². The summed E-state index contributed by atoms with van der Waals surface area (Å²) >= 11 is 0. The molecule has 0 fully saturated rings. The van der Waals surface area contributed by atoms with Gasteiger partial charge in [-0.15, -0.1) is 0 Å². The lowest BCUT2D eigenvalue weighted by Crippen LogP contribution is -2.34. The number of nitrogens with one attached hydrogen (secondary N) is 1. The summed E-state index contributed by atoms with van der Waals surface area (Å²) in [5.41, 5.74) is 0.0977. The van der Waals surface area contributed by atoms with Gasteiger partial charge in [-0.2, -0.15) is 0 Å². The first-order chi connectivity index (χ1) is 14.7. The molecule has 1 aliphatic rings. The van der Waals surface area contributed by atoms with Crippen LogP contribution in [0.3, 0.4) is 0 Å². The topological polar surface area (TPSA) is 104 Å². The molecular formula is C22H13F2N3O4. The van der Waals surface area contributed by atoms with Crippen molar-refractivity contribution in [2.75, 3.05) is 5.32 Å². The summed E-state index contributed by atoms with van der Waals surface area (Å²) in [6.07, 6.45) is 0. The normalized spacial score (nSPS) is 12.7. The molecule has 5 rings (SSSR count). The van der Waals surface area contributed by atoms with Gasteiger partial charge in [0.1, 0.15) is 11.6 Å². The molecule has 9 heteroatoms. The van der Waals surface area contributed by atoms with Crippen LogP contribution >= 0.6 is 0 Å². The second-order valence-corrected chi connectivity index (χ2v) is 7.10. The molecule has 0 saturated heterocycles. The zero-order valence-electron chi connectivity index (χ0n) is 15.6. The number of hydrogen-bond acceptors (Lipinski definition) is 6. The fourth-order valence-electron chi connectivity index (χ4n) is 3.60. The van der Waals surface area contributed by atoms with Crippen LogP contribution in [0, 0.1) is 11.6 Å². The lowest BCUT2D eigenvalue weighted by Gasteiger charge is -2.24. The Morgan fingerprint density at radius 2 is 1.61 bits per heavy atom. The van der Waals surface area contributed by atoms with Crippen molar-refractivity contribution in [1.29, 1.82) is 0 Å². The molecule has 0 aliphatic carbocycles. The maximum Gasteiger partial charge on any atom is 0.272 e. The van der Waals surface area contributed by atoms with Gasteiger partial charge in [-0.05, 0) is 60.7 Å². The monoisotopic (exact) mass is 421 g/mol. The minimum absolute atomic E-state index is 0.0105. The van der Waals surface area contributed by atoms with Gasteiger partial charge in [0.2, 0.25) is 5.78 Å². The van der Waals surface area contributed by atoms with Gasteiger partial charge in [0.15, 0.2) is 5.82 Å². The summed E-state index contributed by atoms with van der Waals surface area (Å²) in [4.78, 5) is 29.9. The van der Waals surface area contributed by atoms with E-state index in [1.807, 2.05) is 0 Å². The van der Waals surface area contributed by atoms with Gasteiger partial charge in [-0.25, -0.2) is 13.8 Å². The highest BCUT2D eigenvalue weighted by molar-refractivity contribution is 6.13. The van der Waals surface area contributed by atoms with Crippen molar-refractivity contribution >= 4 is 22.4 Å². The SMILES string of the molecule is O=C1c2cc(F)ccc2-n2c1nc1cc(NC(O)(O)c3ccc(F)cc3)ccc1c2=O. The standard InChI is InChI=1S/C22H13F2N3O4/c23-12-3-1-11(2-4-12)22(30,31)26-14-6-7-15-17(10-14)25-20-19(28)16-9-13(24)5-8-18(16)27(20)21(15)29/h1-10,26,30-31H. The van der Waals surface area contributed by atoms with Crippen molar-refractivity contribution in [3.63, 3.8) is 0 Å². The number of nitrogens with zero attached hydrogens (tertiary/aromatic N) is 2. The van der Waals surface area contributed by atoms with E-state index in [1.165, 1.54) is 36.4 Å². The molecule has 0 saturated carbocycles. The van der Waals surface area contributed by atoms with E-state index in [2.05, 4.69) is 10.3 Å². The second kappa shape index (κ2) is 6.53. The number of aliphatic hydroxyl groups is 2. The summed E-state index contributed by atoms with van der Waals surface area (Å²) < 4.78 is 27.8. The highest BCUT2D eigenvalue weighted by atomic mass is 19.1. The van der Waals surface area contributed by atoms with Crippen molar-refractivity contribution in [3.05, 3.63) is 99.6 Å². The van der Waals surface area contributed by atoms with E-state index in [1.54, 1.807) is 0 Å². The maximum atomic E-state index is 13.6. The summed E-state index contributed by atoms with van der Waals surface area (Å²) in [7, 11) is 0. The molecule has 0 unspecified atom stereocenters. The van der Waals surface area contributed by atoms with Crippen LogP contribution < -0.4 is 10.9 Å². The molecule has 154 valence electrons. The number of ketones is 1. The lowest BCUT2D eigenvalue weighted by molar-refractivity contribution is -0.143. The van der Waals surface area contributed by atoms with Crippen molar-refractivity contribution in [2.24, 2.45) is 0 Å². The summed E-state index contributed by atoms with van der Waals surface area (Å²) in [5.74, 6) is -4.41. The van der Waals surface area contributed by atoms with Gasteiger partial charge >= 0.3 is 0 Å². The first-order valence-corrected chi connectivity index (χ1v) is 9.15. The van der Waals surface area contributed by atoms with Crippen LogP contribution in [0.5, 0.6) is 0 Å². The Labute approximate surface area is 172 Å². The molecule has 0 radical (unpaired) electrons. The molecule has 4 aromatic rings. The zero-order chi connectivity index (χ0) is 21.9. The number of carbonyl (C=O) groups excluding carboxylic acids is 1. The van der Waals surface area contributed by atoms with Crippen molar-refractivity contribution in [2.45, 2.75) is 5.91 Å². The lowest BCUT2D eigenvalue weighted by atomic mass is 10.1. The fraction of sp³-hybridized carbons (Fsp3) is 0.0455. The number of halogens is 2. The number of carbonyl (C=O) groups is 1. The van der Waals surface area contributed by atoms with Crippen LogP contribution in [0.4, 0.5) is 14.5 Å². The predicted octanol–water partition coefficient (Wildman–Crippen LogP) is 2.42. The maximum absolute atomic E-state index is 13.6. The van der Waals surface area contributed by atoms with Gasteiger partial charge in [0.25, 0.3) is 11.5 Å². The molecule has 31 heavy (non-hydrogen) atoms. The molecule has 0 bridgehead atoms. The molecule has 0 atom stereocenters. The van der Waals surface area contributed by atoms with Crippen LogP contribution in [0.1, 0.15) is 21.7 Å². The third kappa shape index (κ3) is 2.98. The Bertz CT molecular complexity index is 1450. The highest BCUT2D eigenvalue weighted by Crippen LogP contribution is 2.28. The smallest absolute Gasteiger partial charge is 0.272 e. The number of anilines is 1. The molecule has 2 heterocycles. The molecule has 1 aliphatic heterocycles. The Kier molecular flexibility index (Phi) is 4.01. The number of rotatable bonds is 3. The summed E-state index contributed by atoms with van der Waals surface area (Å²) in [5, 5.41) is 23.3. The Morgan fingerprint density at radius 3 is 2.35 bits per heavy atom. The quantitative estimate of drug-likeness (QED) is 0.387. The Hall–Kier alpha value is -3.95. The highest BCUT2D eigenvalue weighted by Gasteiger charge is 2.31. The van der Waals surface area contributed by atoms with E-state index in [0.717, 1.165) is 28.8 Å². The predicted molar refractivity (Wildman–Crippen MR) is 107 cm³/mol. The molecule has 7 nitrogen and oxygen atoms in total. The Morgan fingerprint density at radius 1 is 0.903 bits per heavy atom. The zero-order valence-corrected chi connectivity index (χ0v) is 15.6. The van der Waals surface area contributed by atoms with Crippen LogP contribution in [0.25, 0.3) is 16.6 Å². The first kappa shape index (κ1) is 19.0. The van der Waals surface area contributed by atoms with E-state index in [4.69, 9.17) is 0 Å². The van der Waals surface area contributed by atoms with E-state index in [9.17, 15) is 28.6 Å². The van der Waals surface area contributed by atoms with Gasteiger partial charge in [0.05, 0.1) is 22.2 Å². The van der Waals surface area contributed by atoms with Crippen molar-refractivity contribution < 1.29 is 23.8 Å². The Balaban J connectivity index is 1.59. The number of benzene rings is 3. The second-order valence-electron chi connectivity index (χ2n) is 7.10. The number of aromatic nitrogens is 2. The minimum Gasteiger partial charge on any atom is -0.345 e. The van der Waals surface area contributed by atoms with Gasteiger partial charge in [-0.1, -0.05) is 0 Å². The number of fused-ring (bicyclic) bond motifs is 4. The van der Waals surface area contributed by atoms with E-state index in [-0.39, 0.29) is 39.2 Å². The van der Waals surface area contributed by atoms with Crippen molar-refractivity contribution in [1.82, 2.24) is 9.55 Å². The van der Waals surface area contributed by atoms with Gasteiger partial charge in [-0.3, -0.25) is 14.2 Å². The van der Waals surface area contributed by atoms with Crippen LogP contribution in [-0.2, 0) is 5.91 Å². The average molecular weight is 421 g/mol. The third-order valence-electron chi connectivity index (χ3n) is 5.08. The molecule has 0 amide bonds. The molecule has 0 spiro atoms. The van der Waals surface area contributed by atoms with Crippen molar-refractivity contribution in [3.8, 4) is 5.69 Å².